The van der Waals surface area contributed by atoms with Crippen LogP contribution in [0.5, 0.6) is 0 Å². The molecule has 100 valence electrons. The van der Waals surface area contributed by atoms with E-state index < -0.39 is 16.9 Å². The molecule has 0 unspecified atom stereocenters. The van der Waals surface area contributed by atoms with Crippen molar-refractivity contribution in [2.45, 2.75) is 6.54 Å². The topological polar surface area (TPSA) is 83.8 Å². The van der Waals surface area contributed by atoms with Gasteiger partial charge in [-0.3, -0.25) is 19.8 Å². The Hall–Kier alpha value is -2.15. The van der Waals surface area contributed by atoms with Gasteiger partial charge in [0.05, 0.1) is 22.1 Å². The summed E-state index contributed by atoms with van der Waals surface area (Å²) >= 11 is 5.92. The molecule has 1 saturated heterocycles. The number of rotatable bonds is 3. The van der Waals surface area contributed by atoms with E-state index >= 15 is 0 Å². The van der Waals surface area contributed by atoms with Crippen LogP contribution >= 0.6 is 11.6 Å². The third-order valence-electron chi connectivity index (χ3n) is 2.84. The summed E-state index contributed by atoms with van der Waals surface area (Å²) in [4.78, 5) is 35.9. The number of hydrogen-bond donors (Lipinski definition) is 0. The highest BCUT2D eigenvalue weighted by Gasteiger charge is 2.35. The van der Waals surface area contributed by atoms with Crippen molar-refractivity contribution < 1.29 is 14.5 Å². The molecule has 0 aliphatic carbocycles. The van der Waals surface area contributed by atoms with Crippen LogP contribution in [0.4, 0.5) is 10.5 Å². The van der Waals surface area contributed by atoms with Crippen LogP contribution in [-0.4, -0.2) is 40.3 Å². The lowest BCUT2D eigenvalue weighted by Gasteiger charge is -2.14. The molecule has 0 bridgehead atoms. The molecule has 0 N–H and O–H groups in total. The number of likely N-dealkylation sites (N-methyl/N-ethyl adjacent to an activating group) is 1. The van der Waals surface area contributed by atoms with Crippen LogP contribution < -0.4 is 0 Å². The van der Waals surface area contributed by atoms with Crippen LogP contribution in [0.2, 0.25) is 5.02 Å². The van der Waals surface area contributed by atoms with Gasteiger partial charge in [-0.1, -0.05) is 17.7 Å². The minimum atomic E-state index is -0.587. The van der Waals surface area contributed by atoms with Gasteiger partial charge < -0.3 is 4.90 Å². The second-order valence-corrected chi connectivity index (χ2v) is 4.52. The Morgan fingerprint density at radius 3 is 2.63 bits per heavy atom. The molecular formula is C11H10ClN3O4. The highest BCUT2D eigenvalue weighted by atomic mass is 35.5. The van der Waals surface area contributed by atoms with Gasteiger partial charge in [-0.15, -0.1) is 0 Å². The molecule has 19 heavy (non-hydrogen) atoms. The van der Waals surface area contributed by atoms with Gasteiger partial charge in [0.1, 0.15) is 6.54 Å². The second kappa shape index (κ2) is 4.85. The molecule has 0 spiro atoms. The van der Waals surface area contributed by atoms with Crippen molar-refractivity contribution >= 4 is 29.2 Å². The molecule has 0 saturated carbocycles. The van der Waals surface area contributed by atoms with Crippen LogP contribution in [0.1, 0.15) is 5.56 Å². The van der Waals surface area contributed by atoms with E-state index in [0.717, 1.165) is 4.90 Å². The third-order valence-corrected chi connectivity index (χ3v) is 3.19. The standard InChI is InChI=1S/C11H10ClN3O4/c1-13-6-10(16)14(11(13)17)5-7-8(12)3-2-4-9(7)15(18)19/h2-4H,5-6H2,1H3. The number of nitrogens with zero attached hydrogens (tertiary/aromatic N) is 3. The number of benzene rings is 1. The monoisotopic (exact) mass is 283 g/mol. The largest absolute Gasteiger partial charge is 0.327 e. The van der Waals surface area contributed by atoms with E-state index in [2.05, 4.69) is 0 Å². The van der Waals surface area contributed by atoms with Crippen LogP contribution in [0.15, 0.2) is 18.2 Å². The van der Waals surface area contributed by atoms with E-state index in [1.807, 2.05) is 0 Å². The minimum Gasteiger partial charge on any atom is -0.318 e. The molecule has 1 fully saturated rings. The van der Waals surface area contributed by atoms with E-state index in [0.29, 0.717) is 0 Å². The van der Waals surface area contributed by atoms with E-state index in [1.54, 1.807) is 0 Å². The van der Waals surface area contributed by atoms with Crippen molar-refractivity contribution in [3.05, 3.63) is 38.9 Å². The number of halogens is 1. The fourth-order valence-electron chi connectivity index (χ4n) is 1.86. The number of nitro groups is 1. The molecular weight excluding hydrogens is 274 g/mol. The number of carbonyl (C=O) groups excluding carboxylic acids is 2. The Morgan fingerprint density at radius 1 is 1.42 bits per heavy atom. The van der Waals surface area contributed by atoms with Crippen molar-refractivity contribution in [3.8, 4) is 0 Å². The molecule has 8 heteroatoms. The fraction of sp³-hybridized carbons (Fsp3) is 0.273. The Balaban J connectivity index is 2.36. The number of hydrogen-bond acceptors (Lipinski definition) is 4. The highest BCUT2D eigenvalue weighted by Crippen LogP contribution is 2.28. The maximum atomic E-state index is 11.7. The van der Waals surface area contributed by atoms with Crippen molar-refractivity contribution in [3.63, 3.8) is 0 Å². The van der Waals surface area contributed by atoms with E-state index in [4.69, 9.17) is 11.6 Å². The first kappa shape index (κ1) is 13.3. The quantitative estimate of drug-likeness (QED) is 0.479. The van der Waals surface area contributed by atoms with Crippen molar-refractivity contribution in [1.29, 1.82) is 0 Å². The first-order valence-corrected chi connectivity index (χ1v) is 5.77. The van der Waals surface area contributed by atoms with E-state index in [9.17, 15) is 19.7 Å². The molecule has 3 amide bonds. The van der Waals surface area contributed by atoms with Crippen LogP contribution in [0, 0.1) is 10.1 Å². The summed E-state index contributed by atoms with van der Waals surface area (Å²) in [6, 6.07) is 3.73. The van der Waals surface area contributed by atoms with Crippen molar-refractivity contribution in [1.82, 2.24) is 9.80 Å². The summed E-state index contributed by atoms with van der Waals surface area (Å²) in [7, 11) is 1.49. The Morgan fingerprint density at radius 2 is 2.11 bits per heavy atom. The van der Waals surface area contributed by atoms with Gasteiger partial charge in [0, 0.05) is 13.1 Å². The summed E-state index contributed by atoms with van der Waals surface area (Å²) in [6.45, 7) is -0.227. The van der Waals surface area contributed by atoms with Gasteiger partial charge in [0.25, 0.3) is 11.6 Å². The first-order valence-electron chi connectivity index (χ1n) is 5.39. The number of carbonyl (C=O) groups is 2. The normalized spacial score (nSPS) is 15.3. The van der Waals surface area contributed by atoms with E-state index in [-0.39, 0.29) is 29.4 Å². The molecule has 1 aromatic rings. The SMILES string of the molecule is CN1CC(=O)N(Cc2c(Cl)cccc2[N+](=O)[O-])C1=O. The highest BCUT2D eigenvalue weighted by molar-refractivity contribution is 6.31. The summed E-state index contributed by atoms with van der Waals surface area (Å²) in [5.74, 6) is -0.401. The second-order valence-electron chi connectivity index (χ2n) is 4.11. The number of imide groups is 1. The van der Waals surface area contributed by atoms with Gasteiger partial charge in [0.15, 0.2) is 0 Å². The molecule has 1 heterocycles. The summed E-state index contributed by atoms with van der Waals surface area (Å²) in [5.41, 5.74) is -0.0474. The van der Waals surface area contributed by atoms with Crippen LogP contribution in [0.25, 0.3) is 0 Å². The number of urea groups is 1. The van der Waals surface area contributed by atoms with Crippen molar-refractivity contribution in [2.75, 3.05) is 13.6 Å². The molecule has 1 aliphatic rings. The zero-order valence-electron chi connectivity index (χ0n) is 10.00. The molecule has 7 nitrogen and oxygen atoms in total. The average Bonchev–Trinajstić information content (AvgIpc) is 2.57. The smallest absolute Gasteiger partial charge is 0.318 e. The first-order chi connectivity index (χ1) is 8.91. The molecule has 2 rings (SSSR count). The van der Waals surface area contributed by atoms with Crippen LogP contribution in [0.3, 0.4) is 0 Å². The molecule has 0 aromatic heterocycles. The van der Waals surface area contributed by atoms with Gasteiger partial charge in [-0.05, 0) is 6.07 Å². The lowest BCUT2D eigenvalue weighted by atomic mass is 10.1. The summed E-state index contributed by atoms with van der Waals surface area (Å²) < 4.78 is 0. The number of nitro benzene ring substituents is 1. The zero-order chi connectivity index (χ0) is 14.2. The fourth-order valence-corrected chi connectivity index (χ4v) is 2.09. The van der Waals surface area contributed by atoms with Gasteiger partial charge in [-0.25, -0.2) is 4.79 Å². The molecule has 1 aromatic carbocycles. The van der Waals surface area contributed by atoms with Gasteiger partial charge >= 0.3 is 6.03 Å². The maximum Gasteiger partial charge on any atom is 0.327 e. The third kappa shape index (κ3) is 2.37. The maximum absolute atomic E-state index is 11.7. The van der Waals surface area contributed by atoms with Crippen LogP contribution in [-0.2, 0) is 11.3 Å². The van der Waals surface area contributed by atoms with Gasteiger partial charge in [-0.2, -0.15) is 0 Å². The predicted molar refractivity (Wildman–Crippen MR) is 66.7 cm³/mol. The lowest BCUT2D eigenvalue weighted by Crippen LogP contribution is -2.31. The predicted octanol–water partition coefficient (Wildman–Crippen LogP) is 1.64. The van der Waals surface area contributed by atoms with Gasteiger partial charge in [0.2, 0.25) is 0 Å². The summed E-state index contributed by atoms with van der Waals surface area (Å²) in [5, 5.41) is 11.1. The average molecular weight is 284 g/mol. The Bertz CT molecular complexity index is 575. The number of amides is 3. The van der Waals surface area contributed by atoms with Crippen molar-refractivity contribution in [2.24, 2.45) is 0 Å². The Kier molecular flexibility index (Phi) is 3.39. The molecule has 0 radical (unpaired) electrons. The lowest BCUT2D eigenvalue weighted by molar-refractivity contribution is -0.385. The minimum absolute atomic E-state index is 0.0307. The Labute approximate surface area is 113 Å². The zero-order valence-corrected chi connectivity index (χ0v) is 10.8. The summed E-state index contributed by atoms with van der Waals surface area (Å²) in [6.07, 6.45) is 0. The molecule has 1 aliphatic heterocycles. The molecule has 0 atom stereocenters. The van der Waals surface area contributed by atoms with E-state index in [1.165, 1.54) is 30.1 Å².